The molecule has 0 radical (unpaired) electrons. The van der Waals surface area contributed by atoms with Gasteiger partial charge in [0.1, 0.15) is 23.0 Å². The van der Waals surface area contributed by atoms with E-state index in [0.717, 1.165) is 11.4 Å². The first kappa shape index (κ1) is 14.9. The number of hydrogen-bond donors (Lipinski definition) is 6. The fraction of sp³-hybridized carbons (Fsp3) is 0.222. The van der Waals surface area contributed by atoms with Crippen molar-refractivity contribution in [3.63, 3.8) is 0 Å². The molecule has 8 nitrogen and oxygen atoms in total. The molecular weight excluding hydrogens is 336 g/mol. The van der Waals surface area contributed by atoms with Gasteiger partial charge in [0.25, 0.3) is 0 Å². The zero-order valence-corrected chi connectivity index (χ0v) is 13.7. The van der Waals surface area contributed by atoms with E-state index in [-0.39, 0.29) is 33.8 Å². The highest BCUT2D eigenvalue weighted by molar-refractivity contribution is 6.15. The monoisotopic (exact) mass is 352 g/mol. The maximum absolute atomic E-state index is 11.0. The molecule has 0 spiro atoms. The molecule has 2 aliphatic heterocycles. The second kappa shape index (κ2) is 5.04. The number of anilines is 2. The molecule has 2 bridgehead atoms. The largest absolute Gasteiger partial charge is 0.507 e. The van der Waals surface area contributed by atoms with Crippen LogP contribution in [0.3, 0.4) is 0 Å². The van der Waals surface area contributed by atoms with Crippen molar-refractivity contribution in [2.45, 2.75) is 0 Å². The van der Waals surface area contributed by atoms with Gasteiger partial charge in [-0.25, -0.2) is 0 Å². The van der Waals surface area contributed by atoms with Crippen molar-refractivity contribution in [3.05, 3.63) is 22.8 Å². The molecule has 0 fully saturated rings. The number of fused-ring (bicyclic) bond motifs is 4. The van der Waals surface area contributed by atoms with E-state index >= 15 is 0 Å². The number of phenolic OH excluding ortho intramolecular Hbond substituents is 4. The molecule has 0 saturated heterocycles. The lowest BCUT2D eigenvalue weighted by molar-refractivity contribution is 0.451. The van der Waals surface area contributed by atoms with Gasteiger partial charge in [0.15, 0.2) is 0 Å². The van der Waals surface area contributed by atoms with Gasteiger partial charge in [0.05, 0.1) is 56.7 Å². The van der Waals surface area contributed by atoms with Crippen LogP contribution >= 0.6 is 0 Å². The number of rotatable bonds is 0. The predicted octanol–water partition coefficient (Wildman–Crippen LogP) is 0.906. The minimum atomic E-state index is -0.242. The molecule has 8 heteroatoms. The Kier molecular flexibility index (Phi) is 2.89. The third kappa shape index (κ3) is 1.73. The molecule has 0 atom stereocenters. The van der Waals surface area contributed by atoms with Gasteiger partial charge in [0.2, 0.25) is 0 Å². The normalized spacial score (nSPS) is 15.4. The van der Waals surface area contributed by atoms with Gasteiger partial charge >= 0.3 is 0 Å². The Balaban J connectivity index is 2.19. The standard InChI is InChI=1S/C18H16N4O4/c23-7-1-2-8(24)10-9(7)17(25)11-12(18(10)26)14-16-15(21-5-6-22-16)13(11)19-3-4-20-14/h1-2,21-26H,3-6H2. The molecule has 0 aliphatic carbocycles. The fourth-order valence-electron chi connectivity index (χ4n) is 3.85. The Hall–Kier alpha value is -3.42. The smallest absolute Gasteiger partial charge is 0.137 e. The van der Waals surface area contributed by atoms with Crippen molar-refractivity contribution >= 4 is 32.9 Å². The van der Waals surface area contributed by atoms with Crippen LogP contribution in [0.25, 0.3) is 21.5 Å². The predicted molar refractivity (Wildman–Crippen MR) is 97.1 cm³/mol. The third-order valence-electron chi connectivity index (χ3n) is 4.92. The first-order valence-corrected chi connectivity index (χ1v) is 8.34. The highest BCUT2D eigenvalue weighted by Gasteiger charge is 2.26. The van der Waals surface area contributed by atoms with Crippen LogP contribution in [-0.2, 0) is 0 Å². The molecular formula is C18H16N4O4. The summed E-state index contributed by atoms with van der Waals surface area (Å²) < 4.78 is 0. The van der Waals surface area contributed by atoms with E-state index in [1.54, 1.807) is 0 Å². The molecule has 3 aromatic carbocycles. The third-order valence-corrected chi connectivity index (χ3v) is 4.92. The minimum absolute atomic E-state index is 0.0123. The van der Waals surface area contributed by atoms with Crippen LogP contribution in [0.1, 0.15) is 0 Å². The average molecular weight is 352 g/mol. The van der Waals surface area contributed by atoms with Gasteiger partial charge in [-0.2, -0.15) is 0 Å². The molecule has 0 amide bonds. The highest BCUT2D eigenvalue weighted by Crippen LogP contribution is 2.47. The van der Waals surface area contributed by atoms with Crippen LogP contribution in [0.2, 0.25) is 0 Å². The molecule has 3 aromatic rings. The van der Waals surface area contributed by atoms with E-state index < -0.39 is 0 Å². The number of aromatic hydroxyl groups is 4. The van der Waals surface area contributed by atoms with Crippen LogP contribution in [0.4, 0.5) is 11.4 Å². The fourth-order valence-corrected chi connectivity index (χ4v) is 3.85. The zero-order valence-electron chi connectivity index (χ0n) is 13.7. The Bertz CT molecular complexity index is 1140. The molecule has 26 heavy (non-hydrogen) atoms. The molecule has 0 aromatic heterocycles. The summed E-state index contributed by atoms with van der Waals surface area (Å²) in [6.45, 7) is 2.27. The average Bonchev–Trinajstić information content (AvgIpc) is 2.61. The van der Waals surface area contributed by atoms with Gasteiger partial charge in [-0.3, -0.25) is 9.98 Å². The van der Waals surface area contributed by atoms with E-state index in [9.17, 15) is 20.4 Å². The van der Waals surface area contributed by atoms with Crippen molar-refractivity contribution in [3.8, 4) is 23.0 Å². The van der Waals surface area contributed by atoms with E-state index in [4.69, 9.17) is 0 Å². The van der Waals surface area contributed by atoms with Crippen molar-refractivity contribution in [1.29, 1.82) is 0 Å². The summed E-state index contributed by atoms with van der Waals surface area (Å²) in [7, 11) is 0. The van der Waals surface area contributed by atoms with E-state index in [1.807, 2.05) is 0 Å². The maximum atomic E-state index is 11.0. The van der Waals surface area contributed by atoms with Crippen molar-refractivity contribution in [2.75, 3.05) is 36.8 Å². The number of nitrogens with zero attached hydrogens (tertiary/aromatic N) is 2. The lowest BCUT2D eigenvalue weighted by Gasteiger charge is -2.24. The number of hydrogen-bond acceptors (Lipinski definition) is 8. The maximum Gasteiger partial charge on any atom is 0.137 e. The Labute approximate surface area is 146 Å². The zero-order chi connectivity index (χ0) is 18.0. The summed E-state index contributed by atoms with van der Waals surface area (Å²) in [5.74, 6) is -0.961. The number of benzene rings is 3. The highest BCUT2D eigenvalue weighted by atomic mass is 16.3. The van der Waals surface area contributed by atoms with Gasteiger partial charge in [0, 0.05) is 13.1 Å². The second-order valence-corrected chi connectivity index (χ2v) is 6.37. The minimum Gasteiger partial charge on any atom is -0.507 e. The van der Waals surface area contributed by atoms with Crippen molar-refractivity contribution < 1.29 is 20.4 Å². The SMILES string of the molecule is Oc1ccc(O)c2c(O)c3c4c5c(c(c3c(O)c12)=NCCN=4)NCCN5. The molecule has 2 heterocycles. The second-order valence-electron chi connectivity index (χ2n) is 6.37. The Morgan fingerprint density at radius 1 is 0.654 bits per heavy atom. The topological polar surface area (TPSA) is 130 Å². The summed E-state index contributed by atoms with van der Waals surface area (Å²) >= 11 is 0. The summed E-state index contributed by atoms with van der Waals surface area (Å²) in [4.78, 5) is 9.12. The van der Waals surface area contributed by atoms with Crippen LogP contribution in [0.15, 0.2) is 22.1 Å². The summed E-state index contributed by atoms with van der Waals surface area (Å²) in [6, 6.07) is 2.55. The quantitative estimate of drug-likeness (QED) is 0.263. The van der Waals surface area contributed by atoms with Crippen molar-refractivity contribution in [2.24, 2.45) is 9.98 Å². The molecule has 0 saturated carbocycles. The van der Waals surface area contributed by atoms with Gasteiger partial charge in [-0.05, 0) is 12.1 Å². The van der Waals surface area contributed by atoms with E-state index in [1.165, 1.54) is 12.1 Å². The van der Waals surface area contributed by atoms with Crippen LogP contribution in [-0.4, -0.2) is 46.6 Å². The lowest BCUT2D eigenvalue weighted by Crippen LogP contribution is -2.33. The van der Waals surface area contributed by atoms with Crippen molar-refractivity contribution in [1.82, 2.24) is 0 Å². The molecule has 2 aliphatic rings. The van der Waals surface area contributed by atoms with E-state index in [2.05, 4.69) is 20.6 Å². The molecule has 5 rings (SSSR count). The molecule has 6 N–H and O–H groups in total. The number of phenols is 4. The van der Waals surface area contributed by atoms with Gasteiger partial charge < -0.3 is 31.1 Å². The van der Waals surface area contributed by atoms with Crippen LogP contribution in [0, 0.1) is 0 Å². The van der Waals surface area contributed by atoms with Gasteiger partial charge in [-0.1, -0.05) is 0 Å². The lowest BCUT2D eigenvalue weighted by atomic mass is 9.96. The molecule has 0 unspecified atom stereocenters. The molecule has 132 valence electrons. The van der Waals surface area contributed by atoms with Crippen LogP contribution in [0.5, 0.6) is 23.0 Å². The Morgan fingerprint density at radius 2 is 1.08 bits per heavy atom. The Morgan fingerprint density at radius 3 is 1.50 bits per heavy atom. The van der Waals surface area contributed by atoms with E-state index in [0.29, 0.717) is 47.7 Å². The first-order valence-electron chi connectivity index (χ1n) is 8.34. The van der Waals surface area contributed by atoms with Gasteiger partial charge in [-0.15, -0.1) is 0 Å². The van der Waals surface area contributed by atoms with Crippen LogP contribution < -0.4 is 21.3 Å². The number of nitrogens with one attached hydrogen (secondary N) is 2. The summed E-state index contributed by atoms with van der Waals surface area (Å²) in [5, 5.41) is 50.6. The first-order chi connectivity index (χ1) is 12.6. The summed E-state index contributed by atoms with van der Waals surface area (Å²) in [5.41, 5.74) is 1.44. The summed E-state index contributed by atoms with van der Waals surface area (Å²) in [6.07, 6.45) is 0.